The van der Waals surface area contributed by atoms with Crippen LogP contribution in [0.5, 0.6) is 5.75 Å². The maximum absolute atomic E-state index is 11.2. The van der Waals surface area contributed by atoms with Gasteiger partial charge in [-0.1, -0.05) is 45.0 Å². The molecule has 0 unspecified atom stereocenters. The van der Waals surface area contributed by atoms with Crippen molar-refractivity contribution in [3.63, 3.8) is 0 Å². The SMILES string of the molecule is CC(C)(C)c1cc(-c2nc3ccccc3[nH]2)c(O)c(-c2nc3ccccc3[nH]2)c1.Cl. The Morgan fingerprint density at radius 3 is 1.57 bits per heavy atom. The fraction of sp³-hybridized carbons (Fsp3) is 0.167. The molecule has 3 N–H and O–H groups in total. The maximum atomic E-state index is 11.2. The fourth-order valence-electron chi connectivity index (χ4n) is 3.59. The average molecular weight is 419 g/mol. The molecule has 2 aromatic heterocycles. The van der Waals surface area contributed by atoms with Crippen molar-refractivity contribution < 1.29 is 5.11 Å². The molecule has 6 heteroatoms. The van der Waals surface area contributed by atoms with Crippen molar-refractivity contribution in [1.29, 1.82) is 0 Å². The minimum absolute atomic E-state index is 0. The van der Waals surface area contributed by atoms with Crippen molar-refractivity contribution in [1.82, 2.24) is 19.9 Å². The zero-order valence-corrected chi connectivity index (χ0v) is 17.8. The standard InChI is InChI=1S/C24H22N4O.ClH/c1-24(2,3)14-12-15(22-25-17-8-4-5-9-18(17)26-22)21(29)16(13-14)23-27-19-10-6-7-11-20(19)28-23;/h4-13,29H,1-3H3,(H,25,26)(H,27,28);1H. The number of halogens is 1. The van der Waals surface area contributed by atoms with Crippen molar-refractivity contribution in [3.05, 3.63) is 66.2 Å². The number of nitrogens with one attached hydrogen (secondary N) is 2. The highest BCUT2D eigenvalue weighted by molar-refractivity contribution is 5.86. The Labute approximate surface area is 180 Å². The molecule has 30 heavy (non-hydrogen) atoms. The number of benzene rings is 3. The summed E-state index contributed by atoms with van der Waals surface area (Å²) in [6.07, 6.45) is 0. The molecule has 0 saturated carbocycles. The number of phenols is 1. The summed E-state index contributed by atoms with van der Waals surface area (Å²) in [5, 5.41) is 11.2. The molecule has 0 radical (unpaired) electrons. The van der Waals surface area contributed by atoms with Crippen LogP contribution >= 0.6 is 12.4 Å². The first kappa shape index (κ1) is 20.0. The van der Waals surface area contributed by atoms with Crippen LogP contribution in [0.2, 0.25) is 0 Å². The van der Waals surface area contributed by atoms with E-state index >= 15 is 0 Å². The second kappa shape index (κ2) is 7.18. The van der Waals surface area contributed by atoms with Gasteiger partial charge in [-0.25, -0.2) is 9.97 Å². The molecule has 5 nitrogen and oxygen atoms in total. The Bertz CT molecular complexity index is 1200. The second-order valence-electron chi connectivity index (χ2n) is 8.38. The molecule has 3 aromatic carbocycles. The van der Waals surface area contributed by atoms with E-state index in [0.717, 1.165) is 27.6 Å². The number of imidazole rings is 2. The zero-order valence-electron chi connectivity index (χ0n) is 17.0. The molecule has 5 aromatic rings. The molecule has 0 aliphatic rings. The predicted octanol–water partition coefficient (Wildman–Crippen LogP) is 6.20. The lowest BCUT2D eigenvalue weighted by molar-refractivity contribution is 0.477. The molecular weight excluding hydrogens is 396 g/mol. The number of aromatic amines is 2. The summed E-state index contributed by atoms with van der Waals surface area (Å²) in [5.41, 5.74) is 5.95. The number of phenolic OH excluding ortho intramolecular Hbond substituents is 1. The third kappa shape index (κ3) is 3.31. The maximum Gasteiger partial charge on any atom is 0.142 e. The smallest absolute Gasteiger partial charge is 0.142 e. The van der Waals surface area contributed by atoms with E-state index in [2.05, 4.69) is 30.7 Å². The lowest BCUT2D eigenvalue weighted by atomic mass is 9.84. The number of H-pyrrole nitrogens is 2. The van der Waals surface area contributed by atoms with Gasteiger partial charge in [-0.05, 0) is 47.4 Å². The molecular formula is C24H23ClN4O. The highest BCUT2D eigenvalue weighted by Crippen LogP contribution is 2.41. The molecule has 5 rings (SSSR count). The molecule has 0 spiro atoms. The Morgan fingerprint density at radius 2 is 1.17 bits per heavy atom. The van der Waals surface area contributed by atoms with Gasteiger partial charge in [0.2, 0.25) is 0 Å². The van der Waals surface area contributed by atoms with Crippen LogP contribution in [0.1, 0.15) is 26.3 Å². The molecule has 0 aliphatic heterocycles. The number of hydrogen-bond donors (Lipinski definition) is 3. The number of aromatic nitrogens is 4. The van der Waals surface area contributed by atoms with Crippen LogP contribution in [-0.2, 0) is 5.41 Å². The van der Waals surface area contributed by atoms with Crippen LogP contribution in [0.15, 0.2) is 60.7 Å². The lowest BCUT2D eigenvalue weighted by Gasteiger charge is -2.21. The molecule has 0 fully saturated rings. The Kier molecular flexibility index (Phi) is 4.79. The summed E-state index contributed by atoms with van der Waals surface area (Å²) in [6, 6.07) is 19.8. The fourth-order valence-corrected chi connectivity index (χ4v) is 3.59. The average Bonchev–Trinajstić information content (AvgIpc) is 3.31. The van der Waals surface area contributed by atoms with Crippen molar-refractivity contribution in [2.24, 2.45) is 0 Å². The van der Waals surface area contributed by atoms with Crippen LogP contribution in [-0.4, -0.2) is 25.0 Å². The minimum atomic E-state index is -0.102. The van der Waals surface area contributed by atoms with E-state index in [1.54, 1.807) is 0 Å². The predicted molar refractivity (Wildman–Crippen MR) is 124 cm³/mol. The van der Waals surface area contributed by atoms with Crippen LogP contribution in [0, 0.1) is 0 Å². The monoisotopic (exact) mass is 418 g/mol. The zero-order chi connectivity index (χ0) is 20.2. The van der Waals surface area contributed by atoms with Crippen LogP contribution in [0.25, 0.3) is 44.8 Å². The molecule has 0 aliphatic carbocycles. The molecule has 0 atom stereocenters. The summed E-state index contributed by atoms with van der Waals surface area (Å²) >= 11 is 0. The van der Waals surface area contributed by atoms with Crippen molar-refractivity contribution in [3.8, 4) is 28.5 Å². The number of para-hydroxylation sites is 4. The third-order valence-corrected chi connectivity index (χ3v) is 5.26. The van der Waals surface area contributed by atoms with Crippen molar-refractivity contribution in [2.75, 3.05) is 0 Å². The van der Waals surface area contributed by atoms with Gasteiger partial charge in [0.1, 0.15) is 17.4 Å². The van der Waals surface area contributed by atoms with Crippen LogP contribution < -0.4 is 0 Å². The topological polar surface area (TPSA) is 77.6 Å². The molecule has 0 saturated heterocycles. The van der Waals surface area contributed by atoms with Crippen LogP contribution in [0.3, 0.4) is 0 Å². The largest absolute Gasteiger partial charge is 0.506 e. The van der Waals surface area contributed by atoms with Gasteiger partial charge in [-0.15, -0.1) is 12.4 Å². The molecule has 0 amide bonds. The van der Waals surface area contributed by atoms with Gasteiger partial charge in [-0.3, -0.25) is 0 Å². The van der Waals surface area contributed by atoms with E-state index in [-0.39, 0.29) is 23.6 Å². The van der Waals surface area contributed by atoms with Gasteiger partial charge in [0.15, 0.2) is 0 Å². The number of nitrogens with zero attached hydrogens (tertiary/aromatic N) is 2. The Morgan fingerprint density at radius 1 is 0.733 bits per heavy atom. The van der Waals surface area contributed by atoms with Gasteiger partial charge in [0, 0.05) is 0 Å². The van der Waals surface area contributed by atoms with Crippen LogP contribution in [0.4, 0.5) is 0 Å². The number of hydrogen-bond acceptors (Lipinski definition) is 3. The first-order valence-electron chi connectivity index (χ1n) is 9.68. The Balaban J connectivity index is 0.00000218. The van der Waals surface area contributed by atoms with E-state index in [1.807, 2.05) is 60.7 Å². The summed E-state index contributed by atoms with van der Waals surface area (Å²) in [4.78, 5) is 16.1. The van der Waals surface area contributed by atoms with E-state index < -0.39 is 0 Å². The Hall–Kier alpha value is -3.31. The first-order chi connectivity index (χ1) is 13.9. The van der Waals surface area contributed by atoms with E-state index in [1.165, 1.54) is 0 Å². The number of fused-ring (bicyclic) bond motifs is 2. The van der Waals surface area contributed by atoms with Gasteiger partial charge in [-0.2, -0.15) is 0 Å². The van der Waals surface area contributed by atoms with Gasteiger partial charge in [0.25, 0.3) is 0 Å². The third-order valence-electron chi connectivity index (χ3n) is 5.26. The number of aromatic hydroxyl groups is 1. The van der Waals surface area contributed by atoms with Gasteiger partial charge in [0.05, 0.1) is 33.2 Å². The molecule has 152 valence electrons. The van der Waals surface area contributed by atoms with E-state index in [0.29, 0.717) is 22.8 Å². The highest BCUT2D eigenvalue weighted by atomic mass is 35.5. The van der Waals surface area contributed by atoms with Crippen molar-refractivity contribution in [2.45, 2.75) is 26.2 Å². The quantitative estimate of drug-likeness (QED) is 0.319. The van der Waals surface area contributed by atoms with Gasteiger partial charge < -0.3 is 15.1 Å². The summed E-state index contributed by atoms with van der Waals surface area (Å²) in [7, 11) is 0. The number of rotatable bonds is 2. The first-order valence-corrected chi connectivity index (χ1v) is 9.68. The summed E-state index contributed by atoms with van der Waals surface area (Å²) in [5.74, 6) is 1.45. The normalized spacial score (nSPS) is 11.7. The second-order valence-corrected chi connectivity index (χ2v) is 8.38. The summed E-state index contributed by atoms with van der Waals surface area (Å²) in [6.45, 7) is 6.47. The van der Waals surface area contributed by atoms with E-state index in [4.69, 9.17) is 9.97 Å². The molecule has 2 heterocycles. The van der Waals surface area contributed by atoms with E-state index in [9.17, 15) is 5.11 Å². The lowest BCUT2D eigenvalue weighted by Crippen LogP contribution is -2.11. The molecule has 0 bridgehead atoms. The van der Waals surface area contributed by atoms with Gasteiger partial charge >= 0.3 is 0 Å². The van der Waals surface area contributed by atoms with Crippen molar-refractivity contribution >= 4 is 34.5 Å². The summed E-state index contributed by atoms with van der Waals surface area (Å²) < 4.78 is 0. The minimum Gasteiger partial charge on any atom is -0.506 e. The highest BCUT2D eigenvalue weighted by Gasteiger charge is 2.23.